The highest BCUT2D eigenvalue weighted by atomic mass is 16.5. The van der Waals surface area contributed by atoms with Crippen molar-refractivity contribution in [2.75, 3.05) is 36.1 Å². The molecule has 5 N–H and O–H groups in total. The summed E-state index contributed by atoms with van der Waals surface area (Å²) in [6, 6.07) is 3.73. The molecule has 160 valence electrons. The molecule has 1 aliphatic carbocycles. The van der Waals surface area contributed by atoms with Crippen molar-refractivity contribution in [1.29, 1.82) is 0 Å². The molecule has 0 spiro atoms. The van der Waals surface area contributed by atoms with Crippen LogP contribution in [0.15, 0.2) is 24.5 Å². The number of ether oxygens (including phenoxy) is 1. The molecule has 1 aliphatic heterocycles. The Morgan fingerprint density at radius 1 is 1.35 bits per heavy atom. The Morgan fingerprint density at radius 3 is 3.06 bits per heavy atom. The summed E-state index contributed by atoms with van der Waals surface area (Å²) in [5.74, 6) is 1.57. The molecule has 2 aliphatic rings. The number of carbonyl (C=O) groups excluding carboxylic acids is 1. The summed E-state index contributed by atoms with van der Waals surface area (Å²) in [7, 11) is 0. The zero-order chi connectivity index (χ0) is 21.5. The SMILES string of the molecule is Cc1c(-c2cc3cc(NC(=O)C4CC4CCO)ncc3c(N)n2)cnc2c1NCCO2. The van der Waals surface area contributed by atoms with Crippen LogP contribution in [0.1, 0.15) is 18.4 Å². The Bertz CT molecular complexity index is 1180. The van der Waals surface area contributed by atoms with E-state index >= 15 is 0 Å². The van der Waals surface area contributed by atoms with E-state index < -0.39 is 0 Å². The molecule has 0 radical (unpaired) electrons. The van der Waals surface area contributed by atoms with Gasteiger partial charge in [-0.25, -0.2) is 15.0 Å². The molecular weight excluding hydrogens is 396 g/mol. The molecule has 3 aromatic rings. The molecule has 1 fully saturated rings. The second kappa shape index (κ2) is 7.66. The molecule has 0 saturated heterocycles. The lowest BCUT2D eigenvalue weighted by Crippen LogP contribution is -2.20. The lowest BCUT2D eigenvalue weighted by atomic mass is 10.0. The molecule has 2 unspecified atom stereocenters. The van der Waals surface area contributed by atoms with Crippen molar-refractivity contribution in [2.24, 2.45) is 11.8 Å². The van der Waals surface area contributed by atoms with Gasteiger partial charge in [0.1, 0.15) is 23.9 Å². The maximum absolute atomic E-state index is 12.4. The number of aliphatic hydroxyl groups excluding tert-OH is 1. The first kappa shape index (κ1) is 19.5. The summed E-state index contributed by atoms with van der Waals surface area (Å²) in [6.07, 6.45) is 4.84. The minimum Gasteiger partial charge on any atom is -0.474 e. The number of amides is 1. The van der Waals surface area contributed by atoms with Crippen LogP contribution in [0, 0.1) is 18.8 Å². The van der Waals surface area contributed by atoms with Crippen molar-refractivity contribution >= 4 is 34.0 Å². The van der Waals surface area contributed by atoms with Gasteiger partial charge in [0.2, 0.25) is 11.8 Å². The summed E-state index contributed by atoms with van der Waals surface area (Å²) in [5.41, 5.74) is 9.63. The minimum atomic E-state index is -0.0617. The average Bonchev–Trinajstić information content (AvgIpc) is 3.54. The van der Waals surface area contributed by atoms with Crippen molar-refractivity contribution in [3.63, 3.8) is 0 Å². The Kier molecular flexibility index (Phi) is 4.82. The van der Waals surface area contributed by atoms with Gasteiger partial charge < -0.3 is 26.2 Å². The van der Waals surface area contributed by atoms with E-state index in [1.807, 2.05) is 13.0 Å². The van der Waals surface area contributed by atoms with Gasteiger partial charge in [0.25, 0.3) is 0 Å². The molecule has 9 nitrogen and oxygen atoms in total. The standard InChI is InChI=1S/C22H24N6O3/c1-11-15(9-26-22-19(11)24-3-5-31-22)17-7-13-8-18(25-10-16(13)20(23)27-17)28-21(30)14-6-12(14)2-4-29/h7-10,12,14,24,29H,2-6H2,1H3,(H2,23,27)(H,25,28,30). The number of nitrogens with one attached hydrogen (secondary N) is 2. The van der Waals surface area contributed by atoms with Crippen LogP contribution in [-0.4, -0.2) is 45.7 Å². The summed E-state index contributed by atoms with van der Waals surface area (Å²) < 4.78 is 5.61. The van der Waals surface area contributed by atoms with Crippen molar-refractivity contribution in [2.45, 2.75) is 19.8 Å². The van der Waals surface area contributed by atoms with Gasteiger partial charge in [0, 0.05) is 42.4 Å². The summed E-state index contributed by atoms with van der Waals surface area (Å²) >= 11 is 0. The normalized spacial score (nSPS) is 19.3. The number of rotatable bonds is 5. The third-order valence-electron chi connectivity index (χ3n) is 5.98. The van der Waals surface area contributed by atoms with Gasteiger partial charge in [-0.15, -0.1) is 0 Å². The number of fused-ring (bicyclic) bond motifs is 2. The third-order valence-corrected chi connectivity index (χ3v) is 5.98. The molecule has 3 aromatic heterocycles. The molecule has 1 amide bonds. The zero-order valence-electron chi connectivity index (χ0n) is 17.2. The van der Waals surface area contributed by atoms with Crippen LogP contribution in [0.3, 0.4) is 0 Å². The number of nitrogens with two attached hydrogens (primary N) is 1. The van der Waals surface area contributed by atoms with Gasteiger partial charge in [-0.3, -0.25) is 4.79 Å². The summed E-state index contributed by atoms with van der Waals surface area (Å²) in [4.78, 5) is 25.7. The predicted octanol–water partition coefficient (Wildman–Crippen LogP) is 2.34. The van der Waals surface area contributed by atoms with Crippen LogP contribution in [0.2, 0.25) is 0 Å². The fraction of sp³-hybridized carbons (Fsp3) is 0.364. The summed E-state index contributed by atoms with van der Waals surface area (Å²) in [6.45, 7) is 3.41. The van der Waals surface area contributed by atoms with Crippen molar-refractivity contribution in [3.8, 4) is 17.1 Å². The number of aliphatic hydroxyl groups is 1. The van der Waals surface area contributed by atoms with Gasteiger partial charge in [-0.1, -0.05) is 0 Å². The molecule has 31 heavy (non-hydrogen) atoms. The Labute approximate surface area is 179 Å². The Morgan fingerprint density at radius 2 is 2.23 bits per heavy atom. The molecule has 4 heterocycles. The van der Waals surface area contributed by atoms with E-state index in [4.69, 9.17) is 15.6 Å². The van der Waals surface area contributed by atoms with E-state index in [1.165, 1.54) is 0 Å². The van der Waals surface area contributed by atoms with Gasteiger partial charge in [-0.2, -0.15) is 0 Å². The average molecular weight is 420 g/mol. The second-order valence-electron chi connectivity index (χ2n) is 8.04. The number of anilines is 3. The van der Waals surface area contributed by atoms with Crippen LogP contribution in [0.25, 0.3) is 22.0 Å². The highest BCUT2D eigenvalue weighted by molar-refractivity contribution is 5.98. The Balaban J connectivity index is 1.46. The van der Waals surface area contributed by atoms with Crippen LogP contribution in [0.4, 0.5) is 17.3 Å². The van der Waals surface area contributed by atoms with E-state index in [9.17, 15) is 4.79 Å². The van der Waals surface area contributed by atoms with Crippen molar-refractivity contribution < 1.29 is 14.6 Å². The van der Waals surface area contributed by atoms with Gasteiger partial charge in [0.05, 0.1) is 5.69 Å². The molecule has 9 heteroatoms. The topological polar surface area (TPSA) is 135 Å². The number of nitrogens with zero attached hydrogens (tertiary/aromatic N) is 3. The first-order valence-electron chi connectivity index (χ1n) is 10.4. The quantitative estimate of drug-likeness (QED) is 0.494. The molecular formula is C22H24N6O3. The van der Waals surface area contributed by atoms with E-state index in [0.29, 0.717) is 36.2 Å². The molecule has 1 saturated carbocycles. The van der Waals surface area contributed by atoms with E-state index in [0.717, 1.165) is 40.6 Å². The minimum absolute atomic E-state index is 0.0540. The second-order valence-corrected chi connectivity index (χ2v) is 8.04. The smallest absolute Gasteiger partial charge is 0.237 e. The highest BCUT2D eigenvalue weighted by Crippen LogP contribution is 2.42. The predicted molar refractivity (Wildman–Crippen MR) is 118 cm³/mol. The van der Waals surface area contributed by atoms with E-state index in [-0.39, 0.29) is 24.3 Å². The number of nitrogen functional groups attached to an aromatic ring is 1. The highest BCUT2D eigenvalue weighted by Gasteiger charge is 2.42. The number of aromatic nitrogens is 3. The van der Waals surface area contributed by atoms with Gasteiger partial charge in [-0.05, 0) is 48.8 Å². The van der Waals surface area contributed by atoms with E-state index in [1.54, 1.807) is 18.5 Å². The summed E-state index contributed by atoms with van der Waals surface area (Å²) in [5, 5.41) is 16.8. The maximum atomic E-state index is 12.4. The van der Waals surface area contributed by atoms with Crippen LogP contribution >= 0.6 is 0 Å². The maximum Gasteiger partial charge on any atom is 0.237 e. The monoisotopic (exact) mass is 420 g/mol. The lowest BCUT2D eigenvalue weighted by molar-refractivity contribution is -0.117. The molecule has 0 aromatic carbocycles. The van der Waals surface area contributed by atoms with Gasteiger partial charge >= 0.3 is 0 Å². The van der Waals surface area contributed by atoms with Crippen LogP contribution in [0.5, 0.6) is 5.88 Å². The molecule has 0 bridgehead atoms. The number of hydrogen-bond donors (Lipinski definition) is 4. The van der Waals surface area contributed by atoms with Crippen LogP contribution < -0.4 is 21.1 Å². The first-order chi connectivity index (χ1) is 15.0. The van der Waals surface area contributed by atoms with E-state index in [2.05, 4.69) is 25.6 Å². The largest absolute Gasteiger partial charge is 0.474 e. The fourth-order valence-corrected chi connectivity index (χ4v) is 4.13. The third kappa shape index (κ3) is 3.61. The van der Waals surface area contributed by atoms with Crippen LogP contribution in [-0.2, 0) is 4.79 Å². The first-order valence-corrected chi connectivity index (χ1v) is 10.4. The lowest BCUT2D eigenvalue weighted by Gasteiger charge is -2.21. The fourth-order valence-electron chi connectivity index (χ4n) is 4.13. The zero-order valence-corrected chi connectivity index (χ0v) is 17.2. The number of hydrogen-bond acceptors (Lipinski definition) is 8. The number of pyridine rings is 3. The Hall–Kier alpha value is -3.46. The van der Waals surface area contributed by atoms with Crippen molar-refractivity contribution in [1.82, 2.24) is 15.0 Å². The number of carbonyl (C=O) groups is 1. The van der Waals surface area contributed by atoms with Crippen molar-refractivity contribution in [3.05, 3.63) is 30.1 Å². The molecule has 2 atom stereocenters. The van der Waals surface area contributed by atoms with Gasteiger partial charge in [0.15, 0.2) is 0 Å². The molecule has 5 rings (SSSR count).